The summed E-state index contributed by atoms with van der Waals surface area (Å²) >= 11 is 6.05. The zero-order chi connectivity index (χ0) is 20.7. The van der Waals surface area contributed by atoms with Crippen molar-refractivity contribution >= 4 is 23.2 Å². The van der Waals surface area contributed by atoms with Crippen LogP contribution in [-0.2, 0) is 13.0 Å². The second-order valence-corrected chi connectivity index (χ2v) is 8.47. The summed E-state index contributed by atoms with van der Waals surface area (Å²) in [5.41, 5.74) is 3.15. The van der Waals surface area contributed by atoms with E-state index in [2.05, 4.69) is 33.0 Å². The normalized spacial score (nSPS) is 17.3. The Morgan fingerprint density at radius 1 is 0.933 bits per heavy atom. The van der Waals surface area contributed by atoms with Gasteiger partial charge < -0.3 is 19.2 Å². The van der Waals surface area contributed by atoms with E-state index in [0.717, 1.165) is 85.7 Å². The number of hydrogen-bond donors (Lipinski definition) is 0. The molecule has 0 amide bonds. The Hall–Kier alpha value is -2.64. The van der Waals surface area contributed by atoms with E-state index >= 15 is 0 Å². The predicted molar refractivity (Wildman–Crippen MR) is 118 cm³/mol. The molecule has 7 nitrogen and oxygen atoms in total. The number of aryl methyl sites for hydroxylation is 1. The molecule has 2 aromatic heterocycles. The number of fused-ring (bicyclic) bond motifs is 1. The minimum atomic E-state index is 0.710. The number of hydrogen-bond acceptors (Lipinski definition) is 7. The number of rotatable bonds is 3. The van der Waals surface area contributed by atoms with Crippen LogP contribution in [0.5, 0.6) is 0 Å². The summed E-state index contributed by atoms with van der Waals surface area (Å²) in [6.45, 7) is 7.63. The lowest BCUT2D eigenvalue weighted by Gasteiger charge is -2.34. The Kier molecular flexibility index (Phi) is 5.08. The predicted octanol–water partition coefficient (Wildman–Crippen LogP) is 3.41. The molecule has 0 bridgehead atoms. The fourth-order valence-corrected chi connectivity index (χ4v) is 4.26. The van der Waals surface area contributed by atoms with Crippen LogP contribution in [0.15, 0.2) is 34.9 Å². The average Bonchev–Trinajstić information content (AvgIpc) is 3.17. The molecule has 0 unspecified atom stereocenters. The van der Waals surface area contributed by atoms with Crippen LogP contribution in [0.25, 0.3) is 11.3 Å². The number of anilines is 2. The monoisotopic (exact) mass is 424 g/mol. The van der Waals surface area contributed by atoms with Gasteiger partial charge in [0.2, 0.25) is 0 Å². The molecule has 1 fully saturated rings. The first-order valence-electron chi connectivity index (χ1n) is 10.3. The quantitative estimate of drug-likeness (QED) is 0.638. The molecule has 1 aromatic carbocycles. The van der Waals surface area contributed by atoms with Gasteiger partial charge in [0.05, 0.1) is 12.2 Å². The number of halogens is 1. The van der Waals surface area contributed by atoms with Gasteiger partial charge in [-0.1, -0.05) is 16.8 Å². The van der Waals surface area contributed by atoms with Crippen LogP contribution in [0.2, 0.25) is 5.02 Å². The van der Waals surface area contributed by atoms with Gasteiger partial charge in [-0.3, -0.25) is 0 Å². The van der Waals surface area contributed by atoms with Crippen LogP contribution in [0.4, 0.5) is 11.6 Å². The molecule has 5 rings (SSSR count). The summed E-state index contributed by atoms with van der Waals surface area (Å²) in [6, 6.07) is 9.83. The van der Waals surface area contributed by atoms with E-state index in [0.29, 0.717) is 5.02 Å². The molecule has 0 radical (unpaired) electrons. The SMILES string of the molecule is Cc1nc(N2CCN(C)CC2)cc(N2CCc3noc(-c4ccc(Cl)cc4)c3C2)n1. The minimum absolute atomic E-state index is 0.710. The van der Waals surface area contributed by atoms with Crippen LogP contribution in [0.3, 0.4) is 0 Å². The van der Waals surface area contributed by atoms with Gasteiger partial charge in [0, 0.05) is 61.4 Å². The molecule has 0 spiro atoms. The highest BCUT2D eigenvalue weighted by Crippen LogP contribution is 2.33. The van der Waals surface area contributed by atoms with E-state index in [1.807, 2.05) is 31.2 Å². The lowest BCUT2D eigenvalue weighted by Crippen LogP contribution is -2.45. The van der Waals surface area contributed by atoms with E-state index < -0.39 is 0 Å². The third-order valence-electron chi connectivity index (χ3n) is 5.91. The lowest BCUT2D eigenvalue weighted by molar-refractivity contribution is 0.312. The molecule has 2 aliphatic rings. The van der Waals surface area contributed by atoms with E-state index in [1.54, 1.807) is 0 Å². The standard InChI is InChI=1S/C22H25ClN6O/c1-15-24-20(28-11-9-27(2)10-12-28)13-21(25-15)29-8-7-19-18(14-29)22(30-26-19)16-3-5-17(23)6-4-16/h3-6,13H,7-12,14H2,1-2H3. The summed E-state index contributed by atoms with van der Waals surface area (Å²) in [5, 5.41) is 5.03. The van der Waals surface area contributed by atoms with Crippen molar-refractivity contribution in [2.75, 3.05) is 49.6 Å². The summed E-state index contributed by atoms with van der Waals surface area (Å²) in [7, 11) is 2.16. The second-order valence-electron chi connectivity index (χ2n) is 8.04. The minimum Gasteiger partial charge on any atom is -0.356 e. The fourth-order valence-electron chi connectivity index (χ4n) is 4.13. The third kappa shape index (κ3) is 3.75. The fraction of sp³-hybridized carbons (Fsp3) is 0.409. The van der Waals surface area contributed by atoms with Gasteiger partial charge in [0.25, 0.3) is 0 Å². The van der Waals surface area contributed by atoms with Crippen molar-refractivity contribution in [1.82, 2.24) is 20.0 Å². The number of nitrogens with zero attached hydrogens (tertiary/aromatic N) is 6. The van der Waals surface area contributed by atoms with E-state index in [-0.39, 0.29) is 0 Å². The second kappa shape index (κ2) is 7.89. The number of benzene rings is 1. The number of aromatic nitrogens is 3. The molecule has 30 heavy (non-hydrogen) atoms. The summed E-state index contributed by atoms with van der Waals surface area (Å²) in [6.07, 6.45) is 0.833. The maximum atomic E-state index is 6.05. The highest BCUT2D eigenvalue weighted by molar-refractivity contribution is 6.30. The van der Waals surface area contributed by atoms with Crippen molar-refractivity contribution in [3.8, 4) is 11.3 Å². The Bertz CT molecular complexity index is 1040. The Morgan fingerprint density at radius 3 is 2.37 bits per heavy atom. The molecule has 0 atom stereocenters. The first-order chi connectivity index (χ1) is 14.6. The van der Waals surface area contributed by atoms with Gasteiger partial charge in [-0.25, -0.2) is 9.97 Å². The zero-order valence-electron chi connectivity index (χ0n) is 17.3. The topological polar surface area (TPSA) is 61.5 Å². The van der Waals surface area contributed by atoms with Crippen LogP contribution < -0.4 is 9.80 Å². The van der Waals surface area contributed by atoms with Gasteiger partial charge in [0.15, 0.2) is 5.76 Å². The van der Waals surface area contributed by atoms with Crippen LogP contribution in [-0.4, -0.2) is 59.8 Å². The third-order valence-corrected chi connectivity index (χ3v) is 6.16. The maximum absolute atomic E-state index is 6.05. The van der Waals surface area contributed by atoms with Crippen LogP contribution >= 0.6 is 11.6 Å². The summed E-state index contributed by atoms with van der Waals surface area (Å²) in [5.74, 6) is 3.59. The van der Waals surface area contributed by atoms with E-state index in [1.165, 1.54) is 0 Å². The molecule has 1 saturated heterocycles. The van der Waals surface area contributed by atoms with Crippen molar-refractivity contribution in [2.45, 2.75) is 19.9 Å². The Balaban J connectivity index is 1.42. The van der Waals surface area contributed by atoms with Gasteiger partial charge in [-0.15, -0.1) is 0 Å². The van der Waals surface area contributed by atoms with Gasteiger partial charge >= 0.3 is 0 Å². The lowest BCUT2D eigenvalue weighted by atomic mass is 10.0. The molecular formula is C22H25ClN6O. The smallest absolute Gasteiger partial charge is 0.172 e. The maximum Gasteiger partial charge on any atom is 0.172 e. The van der Waals surface area contributed by atoms with Crippen molar-refractivity contribution in [3.05, 3.63) is 52.4 Å². The highest BCUT2D eigenvalue weighted by Gasteiger charge is 2.26. The first kappa shape index (κ1) is 19.3. The molecule has 2 aliphatic heterocycles. The van der Waals surface area contributed by atoms with Crippen molar-refractivity contribution in [2.24, 2.45) is 0 Å². The molecule has 4 heterocycles. The number of likely N-dealkylation sites (N-methyl/N-ethyl adjacent to an activating group) is 1. The summed E-state index contributed by atoms with van der Waals surface area (Å²) in [4.78, 5) is 16.5. The Labute approximate surface area is 181 Å². The van der Waals surface area contributed by atoms with Gasteiger partial charge in [-0.2, -0.15) is 0 Å². The van der Waals surface area contributed by atoms with Crippen molar-refractivity contribution in [1.29, 1.82) is 0 Å². The molecular weight excluding hydrogens is 400 g/mol. The van der Waals surface area contributed by atoms with Gasteiger partial charge in [-0.05, 0) is 38.2 Å². The van der Waals surface area contributed by atoms with E-state index in [9.17, 15) is 0 Å². The largest absolute Gasteiger partial charge is 0.356 e. The highest BCUT2D eigenvalue weighted by atomic mass is 35.5. The molecule has 0 N–H and O–H groups in total. The van der Waals surface area contributed by atoms with Crippen molar-refractivity contribution < 1.29 is 4.52 Å². The van der Waals surface area contributed by atoms with Crippen molar-refractivity contribution in [3.63, 3.8) is 0 Å². The molecule has 3 aromatic rings. The first-order valence-corrected chi connectivity index (χ1v) is 10.7. The zero-order valence-corrected chi connectivity index (χ0v) is 18.1. The average molecular weight is 425 g/mol. The molecule has 0 saturated carbocycles. The summed E-state index contributed by atoms with van der Waals surface area (Å²) < 4.78 is 5.71. The van der Waals surface area contributed by atoms with Gasteiger partial charge in [0.1, 0.15) is 17.5 Å². The molecule has 8 heteroatoms. The number of piperazine rings is 1. The van der Waals surface area contributed by atoms with Crippen LogP contribution in [0, 0.1) is 6.92 Å². The Morgan fingerprint density at radius 2 is 1.63 bits per heavy atom. The van der Waals surface area contributed by atoms with Crippen LogP contribution in [0.1, 0.15) is 17.1 Å². The molecule has 0 aliphatic carbocycles. The molecule has 156 valence electrons. The van der Waals surface area contributed by atoms with E-state index in [4.69, 9.17) is 26.1 Å².